The summed E-state index contributed by atoms with van der Waals surface area (Å²) in [5.41, 5.74) is -0.0767. The van der Waals surface area contributed by atoms with Gasteiger partial charge in [0.15, 0.2) is 5.96 Å². The molecule has 1 fully saturated rings. The Kier molecular flexibility index (Phi) is 6.64. The minimum absolute atomic E-state index is 0.0790. The highest BCUT2D eigenvalue weighted by atomic mass is 35.5. The van der Waals surface area contributed by atoms with E-state index in [1.165, 1.54) is 6.07 Å². The van der Waals surface area contributed by atoms with Gasteiger partial charge in [0.1, 0.15) is 5.82 Å². The van der Waals surface area contributed by atoms with Gasteiger partial charge in [-0.1, -0.05) is 31.5 Å². The van der Waals surface area contributed by atoms with Gasteiger partial charge in [0.05, 0.1) is 6.54 Å². The molecule has 0 aromatic heterocycles. The van der Waals surface area contributed by atoms with E-state index in [2.05, 4.69) is 20.9 Å². The van der Waals surface area contributed by atoms with Crippen molar-refractivity contribution < 1.29 is 9.18 Å². The molecular formula is C18H26ClFN4O. The van der Waals surface area contributed by atoms with Crippen LogP contribution in [0.1, 0.15) is 39.2 Å². The molecule has 7 heteroatoms. The number of benzene rings is 1. The lowest BCUT2D eigenvalue weighted by Gasteiger charge is -2.28. The van der Waals surface area contributed by atoms with Crippen molar-refractivity contribution in [3.8, 4) is 0 Å². The fourth-order valence-corrected chi connectivity index (χ4v) is 3.29. The second kappa shape index (κ2) is 8.52. The first-order chi connectivity index (χ1) is 11.8. The molecule has 5 nitrogen and oxygen atoms in total. The number of nitrogens with one attached hydrogen (secondary N) is 3. The highest BCUT2D eigenvalue weighted by Crippen LogP contribution is 2.32. The molecule has 0 saturated carbocycles. The molecule has 1 aliphatic rings. The molecule has 1 heterocycles. The fraction of sp³-hybridized carbons (Fsp3) is 0.556. The molecule has 25 heavy (non-hydrogen) atoms. The summed E-state index contributed by atoms with van der Waals surface area (Å²) in [5, 5.41) is 9.77. The zero-order chi connectivity index (χ0) is 18.4. The van der Waals surface area contributed by atoms with Crippen LogP contribution in [-0.2, 0) is 10.2 Å². The summed E-state index contributed by atoms with van der Waals surface area (Å²) in [4.78, 5) is 15.9. The van der Waals surface area contributed by atoms with E-state index in [1.807, 2.05) is 20.8 Å². The minimum Gasteiger partial charge on any atom is -0.357 e. The Balaban J connectivity index is 2.10. The molecule has 3 N–H and O–H groups in total. The molecule has 1 atom stereocenters. The average molecular weight is 369 g/mol. The Morgan fingerprint density at radius 1 is 1.48 bits per heavy atom. The van der Waals surface area contributed by atoms with Crippen LogP contribution in [0.2, 0.25) is 5.02 Å². The van der Waals surface area contributed by atoms with E-state index in [4.69, 9.17) is 11.6 Å². The van der Waals surface area contributed by atoms with Crippen LogP contribution in [0.5, 0.6) is 0 Å². The topological polar surface area (TPSA) is 65.5 Å². The van der Waals surface area contributed by atoms with E-state index >= 15 is 0 Å². The summed E-state index contributed by atoms with van der Waals surface area (Å²) < 4.78 is 14.2. The summed E-state index contributed by atoms with van der Waals surface area (Å²) in [7, 11) is 0. The minimum atomic E-state index is -0.550. The molecule has 1 aromatic carbocycles. The summed E-state index contributed by atoms with van der Waals surface area (Å²) in [5.74, 6) is 0.417. The van der Waals surface area contributed by atoms with Gasteiger partial charge in [-0.25, -0.2) is 4.39 Å². The predicted molar refractivity (Wildman–Crippen MR) is 99.6 cm³/mol. The van der Waals surface area contributed by atoms with Gasteiger partial charge in [-0.15, -0.1) is 0 Å². The molecular weight excluding hydrogens is 343 g/mol. The van der Waals surface area contributed by atoms with Crippen LogP contribution < -0.4 is 16.0 Å². The lowest BCUT2D eigenvalue weighted by molar-refractivity contribution is -0.122. The van der Waals surface area contributed by atoms with E-state index in [0.717, 1.165) is 6.42 Å². The molecule has 1 aromatic rings. The Morgan fingerprint density at radius 2 is 2.24 bits per heavy atom. The number of nitrogens with zero attached hydrogens (tertiary/aromatic N) is 1. The van der Waals surface area contributed by atoms with Gasteiger partial charge in [0.25, 0.3) is 0 Å². The summed E-state index contributed by atoms with van der Waals surface area (Å²) in [6, 6.07) is 4.85. The quantitative estimate of drug-likeness (QED) is 0.553. The first kappa shape index (κ1) is 19.5. The Bertz CT molecular complexity index is 618. The first-order valence-corrected chi connectivity index (χ1v) is 8.97. The molecule has 0 aliphatic carbocycles. The van der Waals surface area contributed by atoms with Crippen LogP contribution in [-0.4, -0.2) is 37.5 Å². The van der Waals surface area contributed by atoms with E-state index < -0.39 is 5.41 Å². The molecule has 1 saturated heterocycles. The maximum Gasteiger partial charge on any atom is 0.220 e. The molecule has 2 rings (SSSR count). The van der Waals surface area contributed by atoms with Crippen LogP contribution >= 0.6 is 11.6 Å². The van der Waals surface area contributed by atoms with Crippen LogP contribution in [0.4, 0.5) is 4.39 Å². The molecule has 1 aliphatic heterocycles. The molecule has 0 spiro atoms. The predicted octanol–water partition coefficient (Wildman–Crippen LogP) is 2.59. The summed E-state index contributed by atoms with van der Waals surface area (Å²) in [6.45, 7) is 7.49. The third kappa shape index (κ3) is 5.33. The fourth-order valence-electron chi connectivity index (χ4n) is 2.87. The van der Waals surface area contributed by atoms with Gasteiger partial charge in [-0.3, -0.25) is 9.79 Å². The molecule has 0 bridgehead atoms. The zero-order valence-electron chi connectivity index (χ0n) is 15.0. The smallest absolute Gasteiger partial charge is 0.220 e. The second-order valence-electron chi connectivity index (χ2n) is 6.86. The lowest BCUT2D eigenvalue weighted by atomic mass is 9.84. The average Bonchev–Trinajstić information content (AvgIpc) is 2.54. The number of rotatable bonds is 5. The number of carbonyl (C=O) groups is 1. The Morgan fingerprint density at radius 3 is 2.84 bits per heavy atom. The van der Waals surface area contributed by atoms with Crippen molar-refractivity contribution in [1.29, 1.82) is 0 Å². The zero-order valence-corrected chi connectivity index (χ0v) is 15.7. The number of hydrogen-bond donors (Lipinski definition) is 3. The van der Waals surface area contributed by atoms with Crippen molar-refractivity contribution in [2.45, 2.75) is 45.1 Å². The van der Waals surface area contributed by atoms with Gasteiger partial charge in [-0.2, -0.15) is 0 Å². The SMILES string of the molecule is CCNC(=NCC(C)(C)c1c(F)cccc1Cl)NC1CCC(=O)NC1. The van der Waals surface area contributed by atoms with Crippen LogP contribution in [0, 0.1) is 5.82 Å². The van der Waals surface area contributed by atoms with Crippen molar-refractivity contribution in [3.63, 3.8) is 0 Å². The van der Waals surface area contributed by atoms with Crippen LogP contribution in [0.25, 0.3) is 0 Å². The summed E-state index contributed by atoms with van der Waals surface area (Å²) in [6.07, 6.45) is 1.27. The third-order valence-electron chi connectivity index (χ3n) is 4.22. The number of halogens is 2. The molecule has 138 valence electrons. The monoisotopic (exact) mass is 368 g/mol. The number of amides is 1. The van der Waals surface area contributed by atoms with Gasteiger partial charge in [-0.05, 0) is 25.5 Å². The van der Waals surface area contributed by atoms with E-state index in [-0.39, 0.29) is 17.8 Å². The van der Waals surface area contributed by atoms with Gasteiger partial charge >= 0.3 is 0 Å². The van der Waals surface area contributed by atoms with Crippen molar-refractivity contribution in [2.75, 3.05) is 19.6 Å². The molecule has 0 radical (unpaired) electrons. The number of guanidine groups is 1. The highest BCUT2D eigenvalue weighted by Gasteiger charge is 2.27. The van der Waals surface area contributed by atoms with E-state index in [0.29, 0.717) is 42.6 Å². The van der Waals surface area contributed by atoms with Crippen molar-refractivity contribution in [1.82, 2.24) is 16.0 Å². The number of piperidine rings is 1. The third-order valence-corrected chi connectivity index (χ3v) is 4.54. The van der Waals surface area contributed by atoms with Crippen molar-refractivity contribution >= 4 is 23.5 Å². The van der Waals surface area contributed by atoms with Gasteiger partial charge in [0, 0.05) is 41.6 Å². The number of hydrogen-bond acceptors (Lipinski definition) is 2. The highest BCUT2D eigenvalue weighted by molar-refractivity contribution is 6.31. The number of aliphatic imine (C=N–C) groups is 1. The van der Waals surface area contributed by atoms with Crippen LogP contribution in [0.3, 0.4) is 0 Å². The molecule has 1 amide bonds. The van der Waals surface area contributed by atoms with E-state index in [1.54, 1.807) is 12.1 Å². The summed E-state index contributed by atoms with van der Waals surface area (Å²) >= 11 is 6.20. The largest absolute Gasteiger partial charge is 0.357 e. The maximum absolute atomic E-state index is 14.2. The van der Waals surface area contributed by atoms with Gasteiger partial charge in [0.2, 0.25) is 5.91 Å². The van der Waals surface area contributed by atoms with E-state index in [9.17, 15) is 9.18 Å². The van der Waals surface area contributed by atoms with Crippen molar-refractivity contribution in [3.05, 3.63) is 34.6 Å². The van der Waals surface area contributed by atoms with Gasteiger partial charge < -0.3 is 16.0 Å². The van der Waals surface area contributed by atoms with Crippen LogP contribution in [0.15, 0.2) is 23.2 Å². The molecule has 1 unspecified atom stereocenters. The first-order valence-electron chi connectivity index (χ1n) is 8.59. The lowest BCUT2D eigenvalue weighted by Crippen LogP contribution is -2.51. The number of carbonyl (C=O) groups excluding carboxylic acids is 1. The second-order valence-corrected chi connectivity index (χ2v) is 7.27. The maximum atomic E-state index is 14.2. The normalized spacial score (nSPS) is 18.7. The van der Waals surface area contributed by atoms with Crippen molar-refractivity contribution in [2.24, 2.45) is 4.99 Å². The standard InChI is InChI=1S/C18H26ClFN4O/c1-4-21-17(24-12-8-9-15(25)22-10-12)23-11-18(2,3)16-13(19)6-5-7-14(16)20/h5-7,12H,4,8-11H2,1-3H3,(H,22,25)(H2,21,23,24). The Labute approximate surface area is 153 Å². The Hall–Kier alpha value is -1.82.